The summed E-state index contributed by atoms with van der Waals surface area (Å²) in [5.74, 6) is 1.00. The van der Waals surface area contributed by atoms with Gasteiger partial charge in [-0.15, -0.1) is 0 Å². The third-order valence-electron chi connectivity index (χ3n) is 8.12. The van der Waals surface area contributed by atoms with E-state index in [9.17, 15) is 15.0 Å². The van der Waals surface area contributed by atoms with Crippen molar-refractivity contribution in [1.82, 2.24) is 10.2 Å². The van der Waals surface area contributed by atoms with Crippen molar-refractivity contribution in [2.24, 2.45) is 11.8 Å². The summed E-state index contributed by atoms with van der Waals surface area (Å²) < 4.78 is 0. The highest BCUT2D eigenvalue weighted by Crippen LogP contribution is 2.33. The lowest BCUT2D eigenvalue weighted by Gasteiger charge is -2.32. The van der Waals surface area contributed by atoms with Gasteiger partial charge in [-0.1, -0.05) is 49.2 Å². The van der Waals surface area contributed by atoms with Crippen molar-refractivity contribution in [1.29, 1.82) is 0 Å². The van der Waals surface area contributed by atoms with Crippen molar-refractivity contribution in [2.45, 2.75) is 76.5 Å². The lowest BCUT2D eigenvalue weighted by Crippen LogP contribution is -2.38. The zero-order valence-corrected chi connectivity index (χ0v) is 21.3. The number of likely N-dealkylation sites (tertiary alicyclic amines) is 1. The third-order valence-corrected chi connectivity index (χ3v) is 8.12. The van der Waals surface area contributed by atoms with E-state index in [0.29, 0.717) is 11.8 Å². The number of hydrogen-bond acceptors (Lipinski definition) is 4. The Bertz CT molecular complexity index is 968. The normalized spacial score (nSPS) is 24.7. The van der Waals surface area contributed by atoms with Gasteiger partial charge in [0.05, 0.1) is 12.2 Å². The van der Waals surface area contributed by atoms with Gasteiger partial charge >= 0.3 is 0 Å². The Morgan fingerprint density at radius 1 is 1.06 bits per heavy atom. The molecule has 4 unspecified atom stereocenters. The van der Waals surface area contributed by atoms with Crippen LogP contribution in [0.15, 0.2) is 48.5 Å². The minimum atomic E-state index is -0.493. The van der Waals surface area contributed by atoms with Crippen LogP contribution in [-0.2, 0) is 13.0 Å². The molecule has 2 fully saturated rings. The summed E-state index contributed by atoms with van der Waals surface area (Å²) in [6.07, 6.45) is 5.62. The lowest BCUT2D eigenvalue weighted by molar-refractivity contribution is 0.0133. The van der Waals surface area contributed by atoms with Crippen LogP contribution in [0.25, 0.3) is 0 Å². The number of aliphatic hydroxyl groups excluding tert-OH is 2. The fourth-order valence-electron chi connectivity index (χ4n) is 6.12. The summed E-state index contributed by atoms with van der Waals surface area (Å²) in [7, 11) is 1.97. The summed E-state index contributed by atoms with van der Waals surface area (Å²) in [6.45, 7) is 4.25. The van der Waals surface area contributed by atoms with Crippen molar-refractivity contribution in [3.05, 3.63) is 70.8 Å². The minimum absolute atomic E-state index is 0.0625. The summed E-state index contributed by atoms with van der Waals surface area (Å²) in [6, 6.07) is 16.9. The van der Waals surface area contributed by atoms with Gasteiger partial charge in [0, 0.05) is 31.1 Å². The van der Waals surface area contributed by atoms with Gasteiger partial charge in [0.2, 0.25) is 0 Å². The number of amides is 1. The van der Waals surface area contributed by atoms with E-state index in [1.165, 1.54) is 16.7 Å². The van der Waals surface area contributed by atoms with Crippen LogP contribution >= 0.6 is 0 Å². The van der Waals surface area contributed by atoms with E-state index in [1.54, 1.807) is 6.92 Å². The lowest BCUT2D eigenvalue weighted by atomic mass is 9.85. The number of nitrogens with zero attached hydrogens (tertiary/aromatic N) is 1. The van der Waals surface area contributed by atoms with Crippen LogP contribution in [0.4, 0.5) is 0 Å². The van der Waals surface area contributed by atoms with Crippen LogP contribution in [-0.4, -0.2) is 53.4 Å². The fraction of sp³-hybridized carbons (Fsp3) is 0.567. The summed E-state index contributed by atoms with van der Waals surface area (Å²) in [5.41, 5.74) is 4.65. The van der Waals surface area contributed by atoms with Gasteiger partial charge in [-0.2, -0.15) is 0 Å². The number of nitrogens with one attached hydrogen (secondary N) is 1. The monoisotopic (exact) mass is 478 g/mol. The van der Waals surface area contributed by atoms with Gasteiger partial charge in [0.25, 0.3) is 5.91 Å². The first-order valence-corrected chi connectivity index (χ1v) is 13.4. The van der Waals surface area contributed by atoms with Crippen LogP contribution in [0.3, 0.4) is 0 Å². The smallest absolute Gasteiger partial charge is 0.253 e. The molecule has 4 atom stereocenters. The second kappa shape index (κ2) is 12.2. The predicted molar refractivity (Wildman–Crippen MR) is 140 cm³/mol. The van der Waals surface area contributed by atoms with Crippen LogP contribution in [0.5, 0.6) is 0 Å². The van der Waals surface area contributed by atoms with E-state index >= 15 is 0 Å². The zero-order chi connectivity index (χ0) is 24.8. The maximum atomic E-state index is 13.3. The SMILES string of the molecule is CNCc1cccc(C2CCN(C(=O)c3cccc(CC4CCCC(O)C(C(C)O)C4)c3)CC2)c1. The van der Waals surface area contributed by atoms with Crippen LogP contribution in [0.1, 0.15) is 78.4 Å². The molecule has 2 aliphatic rings. The number of hydrogen-bond donors (Lipinski definition) is 3. The summed E-state index contributed by atoms with van der Waals surface area (Å²) in [4.78, 5) is 15.3. The van der Waals surface area contributed by atoms with Gasteiger partial charge in [0.1, 0.15) is 0 Å². The number of rotatable bonds is 7. The molecule has 35 heavy (non-hydrogen) atoms. The van der Waals surface area contributed by atoms with Gasteiger partial charge in [-0.3, -0.25) is 4.79 Å². The molecule has 3 N–H and O–H groups in total. The van der Waals surface area contributed by atoms with E-state index in [2.05, 4.69) is 41.7 Å². The van der Waals surface area contributed by atoms with Gasteiger partial charge in [-0.25, -0.2) is 0 Å². The Balaban J connectivity index is 1.36. The van der Waals surface area contributed by atoms with Crippen LogP contribution < -0.4 is 5.32 Å². The molecule has 2 aromatic carbocycles. The number of aliphatic hydroxyl groups is 2. The van der Waals surface area contributed by atoms with E-state index in [4.69, 9.17) is 0 Å². The average molecular weight is 479 g/mol. The molecule has 5 heteroatoms. The molecule has 5 nitrogen and oxygen atoms in total. The second-order valence-corrected chi connectivity index (χ2v) is 10.8. The number of carbonyl (C=O) groups is 1. The van der Waals surface area contributed by atoms with E-state index in [0.717, 1.165) is 70.1 Å². The Morgan fingerprint density at radius 3 is 2.54 bits per heavy atom. The van der Waals surface area contributed by atoms with Gasteiger partial charge in [0.15, 0.2) is 0 Å². The number of carbonyl (C=O) groups excluding carboxylic acids is 1. The molecule has 1 heterocycles. The minimum Gasteiger partial charge on any atom is -0.393 e. The van der Waals surface area contributed by atoms with E-state index in [1.807, 2.05) is 24.1 Å². The quantitative estimate of drug-likeness (QED) is 0.512. The molecule has 0 bridgehead atoms. The predicted octanol–water partition coefficient (Wildman–Crippen LogP) is 4.52. The molecule has 1 saturated heterocycles. The molecular formula is C30H42N2O3. The zero-order valence-electron chi connectivity index (χ0n) is 21.3. The average Bonchev–Trinajstić information content (AvgIpc) is 3.05. The Kier molecular flexibility index (Phi) is 8.99. The molecule has 1 aliphatic heterocycles. The molecule has 0 radical (unpaired) electrons. The standard InChI is InChI=1S/C30H42N2O3/c1-21(33)28-19-23(7-5-11-29(28)34)16-22-6-3-10-27(17-22)30(35)32-14-12-25(13-15-32)26-9-4-8-24(18-26)20-31-2/h3-4,6,8-10,17-18,21,23,25,28-29,31,33-34H,5,7,11-16,19-20H2,1-2H3. The first-order valence-electron chi connectivity index (χ1n) is 13.4. The van der Waals surface area contributed by atoms with Crippen molar-refractivity contribution in [3.8, 4) is 0 Å². The molecule has 1 amide bonds. The molecule has 1 aliphatic carbocycles. The van der Waals surface area contributed by atoms with Crippen molar-refractivity contribution in [3.63, 3.8) is 0 Å². The molecule has 2 aromatic rings. The van der Waals surface area contributed by atoms with Crippen molar-refractivity contribution in [2.75, 3.05) is 20.1 Å². The van der Waals surface area contributed by atoms with Crippen molar-refractivity contribution >= 4 is 5.91 Å². The topological polar surface area (TPSA) is 72.8 Å². The molecule has 1 saturated carbocycles. The first-order chi connectivity index (χ1) is 16.9. The largest absolute Gasteiger partial charge is 0.393 e. The van der Waals surface area contributed by atoms with Gasteiger partial charge < -0.3 is 20.4 Å². The molecular weight excluding hydrogens is 436 g/mol. The first kappa shape index (κ1) is 25.9. The number of benzene rings is 2. The van der Waals surface area contributed by atoms with Crippen LogP contribution in [0.2, 0.25) is 0 Å². The van der Waals surface area contributed by atoms with Gasteiger partial charge in [-0.05, 0) is 86.7 Å². The third kappa shape index (κ3) is 6.72. The summed E-state index contributed by atoms with van der Waals surface area (Å²) in [5, 5.41) is 23.7. The van der Waals surface area contributed by atoms with Crippen molar-refractivity contribution < 1.29 is 15.0 Å². The second-order valence-electron chi connectivity index (χ2n) is 10.8. The van der Waals surface area contributed by atoms with E-state index < -0.39 is 12.2 Å². The highest BCUT2D eigenvalue weighted by molar-refractivity contribution is 5.94. The molecule has 0 spiro atoms. The fourth-order valence-corrected chi connectivity index (χ4v) is 6.12. The van der Waals surface area contributed by atoms with Crippen LogP contribution in [0, 0.1) is 11.8 Å². The Hall–Kier alpha value is -2.21. The summed E-state index contributed by atoms with van der Waals surface area (Å²) >= 11 is 0. The maximum absolute atomic E-state index is 13.3. The maximum Gasteiger partial charge on any atom is 0.253 e. The molecule has 190 valence electrons. The Morgan fingerprint density at radius 2 is 1.80 bits per heavy atom. The highest BCUT2D eigenvalue weighted by atomic mass is 16.3. The number of piperidine rings is 1. The van der Waals surface area contributed by atoms with E-state index in [-0.39, 0.29) is 11.8 Å². The Labute approximate surface area is 210 Å². The molecule has 4 rings (SSSR count). The molecule has 0 aromatic heterocycles. The highest BCUT2D eigenvalue weighted by Gasteiger charge is 2.30.